The molecular weight excluding hydrogens is 480 g/mol. The van der Waals surface area contributed by atoms with Gasteiger partial charge in [0.05, 0.1) is 18.3 Å². The molecule has 0 unspecified atom stereocenters. The fourth-order valence-electron chi connectivity index (χ4n) is 5.80. The van der Waals surface area contributed by atoms with Gasteiger partial charge in [-0.3, -0.25) is 9.56 Å². The first-order chi connectivity index (χ1) is 18.0. The molecule has 3 aliphatic rings. The number of rotatable bonds is 3. The molecule has 1 atom stereocenters. The zero-order valence-electron chi connectivity index (χ0n) is 21.2. The van der Waals surface area contributed by atoms with Gasteiger partial charge in [0, 0.05) is 40.6 Å². The largest absolute Gasteiger partial charge is 0.449 e. The summed E-state index contributed by atoms with van der Waals surface area (Å²) in [6.45, 7) is 8.67. The Hall–Kier alpha value is -3.54. The number of hydrogen-bond acceptors (Lipinski definition) is 7. The van der Waals surface area contributed by atoms with Gasteiger partial charge in [-0.05, 0) is 56.7 Å². The van der Waals surface area contributed by atoms with Gasteiger partial charge in [0.15, 0.2) is 11.7 Å². The third-order valence-corrected chi connectivity index (χ3v) is 9.22. The van der Waals surface area contributed by atoms with E-state index in [0.717, 1.165) is 52.1 Å². The third kappa shape index (κ3) is 3.76. The number of benzene rings is 1. The summed E-state index contributed by atoms with van der Waals surface area (Å²) in [5.74, 6) is 9.75. The van der Waals surface area contributed by atoms with E-state index in [1.165, 1.54) is 23.3 Å². The number of nitrogens with zero attached hydrogens (tertiary/aromatic N) is 5. The molecule has 2 aliphatic heterocycles. The highest BCUT2D eigenvalue weighted by atomic mass is 32.1. The van der Waals surface area contributed by atoms with E-state index >= 15 is 0 Å². The zero-order valence-corrected chi connectivity index (χ0v) is 22.0. The molecule has 8 heteroatoms. The average molecular weight is 509 g/mol. The molecule has 37 heavy (non-hydrogen) atoms. The summed E-state index contributed by atoms with van der Waals surface area (Å²) < 4.78 is 7.75. The molecular formula is C29H28N6OS. The maximum atomic E-state index is 5.59. The van der Waals surface area contributed by atoms with E-state index in [0.29, 0.717) is 23.6 Å². The second-order valence-corrected chi connectivity index (χ2v) is 11.8. The third-order valence-electron chi connectivity index (χ3n) is 8.03. The van der Waals surface area contributed by atoms with Crippen LogP contribution in [0.2, 0.25) is 0 Å². The van der Waals surface area contributed by atoms with Crippen molar-refractivity contribution in [3.63, 3.8) is 0 Å². The Bertz CT molecular complexity index is 1570. The molecule has 1 saturated carbocycles. The van der Waals surface area contributed by atoms with Gasteiger partial charge in [-0.15, -0.1) is 21.5 Å². The topological polar surface area (TPSA) is 81.1 Å². The van der Waals surface area contributed by atoms with Crippen molar-refractivity contribution in [2.24, 2.45) is 16.3 Å². The van der Waals surface area contributed by atoms with Crippen LogP contribution in [0.25, 0.3) is 5.00 Å². The molecule has 0 amide bonds. The number of aryl methyl sites for hydroxylation is 2. The van der Waals surface area contributed by atoms with Gasteiger partial charge < -0.3 is 9.73 Å². The highest BCUT2D eigenvalue weighted by Crippen LogP contribution is 2.48. The summed E-state index contributed by atoms with van der Waals surface area (Å²) in [4.78, 5) is 10.9. The van der Waals surface area contributed by atoms with Gasteiger partial charge in [-0.2, -0.15) is 0 Å². The molecule has 7 rings (SSSR count). The van der Waals surface area contributed by atoms with E-state index in [9.17, 15) is 0 Å². The van der Waals surface area contributed by atoms with Crippen LogP contribution in [0.5, 0.6) is 0 Å². The first-order valence-corrected chi connectivity index (χ1v) is 13.6. The predicted octanol–water partition coefficient (Wildman–Crippen LogP) is 4.73. The van der Waals surface area contributed by atoms with Crippen LogP contribution < -0.4 is 5.32 Å². The first kappa shape index (κ1) is 22.6. The number of hydrogen-bond donors (Lipinski definition) is 1. The highest BCUT2D eigenvalue weighted by Gasteiger charge is 2.47. The molecule has 5 heterocycles. The molecule has 3 aromatic heterocycles. The molecule has 1 N–H and O–H groups in total. The van der Waals surface area contributed by atoms with Crippen LogP contribution in [0.1, 0.15) is 63.6 Å². The molecule has 1 saturated heterocycles. The number of thiophene rings is 1. The van der Waals surface area contributed by atoms with Crippen LogP contribution in [-0.4, -0.2) is 38.5 Å². The predicted molar refractivity (Wildman–Crippen MR) is 143 cm³/mol. The molecule has 4 aromatic rings. The molecule has 0 bridgehead atoms. The molecule has 1 spiro atoms. The van der Waals surface area contributed by atoms with Gasteiger partial charge >= 0.3 is 0 Å². The Morgan fingerprint density at radius 2 is 1.95 bits per heavy atom. The summed E-state index contributed by atoms with van der Waals surface area (Å²) >= 11 is 1.77. The van der Waals surface area contributed by atoms with Crippen molar-refractivity contribution in [1.29, 1.82) is 0 Å². The van der Waals surface area contributed by atoms with E-state index in [1.54, 1.807) is 23.8 Å². The van der Waals surface area contributed by atoms with Crippen molar-refractivity contribution in [2.75, 3.05) is 13.1 Å². The Labute approximate surface area is 220 Å². The molecule has 0 radical (unpaired) electrons. The summed E-state index contributed by atoms with van der Waals surface area (Å²) in [5.41, 5.74) is 6.03. The van der Waals surface area contributed by atoms with Gasteiger partial charge in [-0.25, -0.2) is 4.98 Å². The molecule has 1 aliphatic carbocycles. The van der Waals surface area contributed by atoms with Crippen molar-refractivity contribution in [2.45, 2.75) is 46.1 Å². The van der Waals surface area contributed by atoms with Crippen molar-refractivity contribution >= 4 is 17.0 Å². The lowest BCUT2D eigenvalue weighted by atomic mass is 9.59. The number of aliphatic imine (C=N–C) groups is 1. The fraction of sp³-hybridized carbons (Fsp3) is 0.379. The number of aromatic nitrogens is 4. The molecule has 186 valence electrons. The maximum Gasteiger partial charge on any atom is 0.196 e. The number of fused-ring (bicyclic) bond motifs is 3. The minimum atomic E-state index is -0.263. The van der Waals surface area contributed by atoms with E-state index in [1.807, 2.05) is 6.92 Å². The molecule has 1 aromatic carbocycles. The molecule has 7 nitrogen and oxygen atoms in total. The van der Waals surface area contributed by atoms with E-state index in [-0.39, 0.29) is 6.04 Å². The van der Waals surface area contributed by atoms with Crippen LogP contribution in [0.4, 0.5) is 0 Å². The SMILES string of the molecule is Cc1sc2c(c1C)C(c1ccc(C#CC3CC4(CNC4)C3)cc1)=N[C@@H](Cc1ncco1)c1nnc(C)n1-2. The minimum absolute atomic E-state index is 0.263. The lowest BCUT2D eigenvalue weighted by Gasteiger charge is -2.53. The standard InChI is InChI=1S/C29H28N6OS/c1-17-18(2)37-28-25(17)26(32-23(12-24-31-10-11-36-24)27-34-33-19(3)35(27)28)22-8-6-20(7-9-22)4-5-21-13-29(14-21)15-30-16-29/h6-11,21,23,30H,12-16H2,1-3H3/t23-/m0/s1. The maximum absolute atomic E-state index is 5.59. The first-order valence-electron chi connectivity index (χ1n) is 12.8. The van der Waals surface area contributed by atoms with Crippen LogP contribution in [0.3, 0.4) is 0 Å². The zero-order chi connectivity index (χ0) is 25.1. The summed E-state index contributed by atoms with van der Waals surface area (Å²) in [6, 6.07) is 8.28. The van der Waals surface area contributed by atoms with Gasteiger partial charge in [0.25, 0.3) is 0 Å². The van der Waals surface area contributed by atoms with Crippen molar-refractivity contribution in [3.8, 4) is 16.8 Å². The summed E-state index contributed by atoms with van der Waals surface area (Å²) in [5, 5.41) is 13.5. The van der Waals surface area contributed by atoms with Crippen LogP contribution in [-0.2, 0) is 6.42 Å². The summed E-state index contributed by atoms with van der Waals surface area (Å²) in [7, 11) is 0. The van der Waals surface area contributed by atoms with Gasteiger partial charge in [0.1, 0.15) is 23.1 Å². The lowest BCUT2D eigenvalue weighted by molar-refractivity contribution is 0.0266. The van der Waals surface area contributed by atoms with E-state index in [2.05, 4.69) is 75.0 Å². The van der Waals surface area contributed by atoms with Crippen LogP contribution in [0, 0.1) is 43.9 Å². The fourth-order valence-corrected chi connectivity index (χ4v) is 7.01. The Kier molecular flexibility index (Phi) is 5.20. The Balaban J connectivity index is 1.26. The van der Waals surface area contributed by atoms with E-state index in [4.69, 9.17) is 9.41 Å². The minimum Gasteiger partial charge on any atom is -0.449 e. The number of nitrogens with one attached hydrogen (secondary N) is 1. The van der Waals surface area contributed by atoms with Crippen molar-refractivity contribution in [3.05, 3.63) is 81.4 Å². The van der Waals surface area contributed by atoms with Crippen molar-refractivity contribution in [1.82, 2.24) is 25.1 Å². The quantitative estimate of drug-likeness (QED) is 0.405. The van der Waals surface area contributed by atoms with Crippen LogP contribution >= 0.6 is 11.3 Å². The highest BCUT2D eigenvalue weighted by molar-refractivity contribution is 7.15. The second-order valence-electron chi connectivity index (χ2n) is 10.6. The van der Waals surface area contributed by atoms with Crippen LogP contribution in [0.15, 0.2) is 46.1 Å². The Morgan fingerprint density at radius 1 is 1.14 bits per heavy atom. The summed E-state index contributed by atoms with van der Waals surface area (Å²) in [6.07, 6.45) is 6.25. The second kappa shape index (κ2) is 8.51. The Morgan fingerprint density at radius 3 is 2.65 bits per heavy atom. The monoisotopic (exact) mass is 508 g/mol. The van der Waals surface area contributed by atoms with Gasteiger partial charge in [0.2, 0.25) is 0 Å². The normalized spacial score (nSPS) is 19.6. The van der Waals surface area contributed by atoms with Crippen molar-refractivity contribution < 1.29 is 4.42 Å². The average Bonchev–Trinajstić information content (AvgIpc) is 3.53. The lowest BCUT2D eigenvalue weighted by Crippen LogP contribution is -2.59. The smallest absolute Gasteiger partial charge is 0.196 e. The van der Waals surface area contributed by atoms with E-state index < -0.39 is 0 Å². The van der Waals surface area contributed by atoms with Gasteiger partial charge in [-0.1, -0.05) is 24.0 Å². The molecule has 2 fully saturated rings. The number of oxazole rings is 1.